The minimum Gasteiger partial charge on any atom is -0.494 e. The van der Waals surface area contributed by atoms with Crippen LogP contribution in [0.5, 0.6) is 5.75 Å². The number of hydrogen-bond donors (Lipinski definition) is 1. The van der Waals surface area contributed by atoms with Crippen LogP contribution in [0.2, 0.25) is 0 Å². The van der Waals surface area contributed by atoms with Gasteiger partial charge in [-0.05, 0) is 29.6 Å². The molecule has 0 bridgehead atoms. The van der Waals surface area contributed by atoms with Crippen molar-refractivity contribution in [3.05, 3.63) is 41.5 Å². The first-order valence-corrected chi connectivity index (χ1v) is 6.71. The fraction of sp³-hybridized carbons (Fsp3) is 0.0714. The molecule has 0 aliphatic rings. The molecule has 0 amide bonds. The Morgan fingerprint density at radius 3 is 2.90 bits per heavy atom. The van der Waals surface area contributed by atoms with Crippen molar-refractivity contribution in [3.63, 3.8) is 0 Å². The highest BCUT2D eigenvalue weighted by Crippen LogP contribution is 2.39. The number of thiophene rings is 1. The smallest absolute Gasteiger partial charge is 0.177 e. The molecule has 0 aliphatic heterocycles. The zero-order valence-corrected chi connectivity index (χ0v) is 11.4. The molecule has 102 valence electrons. The fourth-order valence-corrected chi connectivity index (χ4v) is 2.74. The lowest BCUT2D eigenvalue weighted by Crippen LogP contribution is -1.90. The van der Waals surface area contributed by atoms with E-state index in [-0.39, 0.29) is 5.75 Å². The van der Waals surface area contributed by atoms with Gasteiger partial charge in [0.15, 0.2) is 23.1 Å². The Bertz CT molecular complexity index is 738. The quantitative estimate of drug-likeness (QED) is 0.797. The number of ether oxygens (including phenoxy) is 1. The van der Waals surface area contributed by atoms with Crippen LogP contribution < -0.4 is 10.5 Å². The average Bonchev–Trinajstić information content (AvgIpc) is 3.08. The van der Waals surface area contributed by atoms with Crippen molar-refractivity contribution in [1.29, 1.82) is 0 Å². The normalized spacial score (nSPS) is 10.7. The van der Waals surface area contributed by atoms with Crippen LogP contribution in [0.1, 0.15) is 0 Å². The predicted molar refractivity (Wildman–Crippen MR) is 76.2 cm³/mol. The van der Waals surface area contributed by atoms with Gasteiger partial charge in [0.25, 0.3) is 0 Å². The van der Waals surface area contributed by atoms with E-state index in [0.29, 0.717) is 22.7 Å². The summed E-state index contributed by atoms with van der Waals surface area (Å²) < 4.78 is 23.7. The van der Waals surface area contributed by atoms with Gasteiger partial charge in [-0.2, -0.15) is 0 Å². The summed E-state index contributed by atoms with van der Waals surface area (Å²) in [4.78, 5) is 0.946. The van der Waals surface area contributed by atoms with E-state index in [1.807, 2.05) is 17.5 Å². The first-order chi connectivity index (χ1) is 9.70. The molecule has 0 unspecified atom stereocenters. The second-order valence-electron chi connectivity index (χ2n) is 4.10. The Hall–Kier alpha value is -2.34. The third-order valence-corrected chi connectivity index (χ3v) is 3.79. The van der Waals surface area contributed by atoms with Crippen molar-refractivity contribution < 1.29 is 13.7 Å². The van der Waals surface area contributed by atoms with Gasteiger partial charge in [-0.15, -0.1) is 11.3 Å². The van der Waals surface area contributed by atoms with Gasteiger partial charge in [-0.3, -0.25) is 0 Å². The van der Waals surface area contributed by atoms with Crippen LogP contribution in [-0.2, 0) is 0 Å². The molecule has 2 N–H and O–H groups in total. The third-order valence-electron chi connectivity index (χ3n) is 2.90. The number of halogens is 1. The Morgan fingerprint density at radius 1 is 1.35 bits per heavy atom. The van der Waals surface area contributed by atoms with E-state index in [4.69, 9.17) is 15.0 Å². The molecule has 3 rings (SSSR count). The Balaban J connectivity index is 2.16. The standard InChI is InChI=1S/C14H11FN2O2S/c1-18-10-7-8(4-5-9(10)15)13-12(14(16)17-19-13)11-3-2-6-20-11/h2-7H,1H3,(H2,16,17). The van der Waals surface area contributed by atoms with Gasteiger partial charge < -0.3 is 15.0 Å². The summed E-state index contributed by atoms with van der Waals surface area (Å²) in [6.45, 7) is 0. The van der Waals surface area contributed by atoms with Crippen molar-refractivity contribution in [3.8, 4) is 27.5 Å². The van der Waals surface area contributed by atoms with Crippen LogP contribution in [0.4, 0.5) is 10.2 Å². The summed E-state index contributed by atoms with van der Waals surface area (Å²) in [6, 6.07) is 8.34. The molecule has 3 aromatic rings. The van der Waals surface area contributed by atoms with E-state index in [2.05, 4.69) is 5.16 Å². The summed E-state index contributed by atoms with van der Waals surface area (Å²) in [7, 11) is 1.41. The molecule has 1 aromatic carbocycles. The first kappa shape index (κ1) is 12.7. The molecule has 2 aromatic heterocycles. The minimum atomic E-state index is -0.429. The van der Waals surface area contributed by atoms with Crippen LogP contribution >= 0.6 is 11.3 Å². The van der Waals surface area contributed by atoms with Gasteiger partial charge in [0.1, 0.15) is 0 Å². The van der Waals surface area contributed by atoms with Crippen LogP contribution in [0.15, 0.2) is 40.2 Å². The number of benzene rings is 1. The molecule has 2 heterocycles. The molecule has 0 atom stereocenters. The lowest BCUT2D eigenvalue weighted by molar-refractivity contribution is 0.386. The van der Waals surface area contributed by atoms with Crippen molar-refractivity contribution in [2.24, 2.45) is 0 Å². The van der Waals surface area contributed by atoms with Gasteiger partial charge in [0.05, 0.1) is 12.7 Å². The number of aromatic nitrogens is 1. The minimum absolute atomic E-state index is 0.148. The molecule has 0 spiro atoms. The SMILES string of the molecule is COc1cc(-c2onc(N)c2-c2cccs2)ccc1F. The molecule has 4 nitrogen and oxygen atoms in total. The highest BCUT2D eigenvalue weighted by Gasteiger charge is 2.19. The van der Waals surface area contributed by atoms with Crippen LogP contribution in [0.25, 0.3) is 21.8 Å². The van der Waals surface area contributed by atoms with Gasteiger partial charge in [-0.1, -0.05) is 11.2 Å². The van der Waals surface area contributed by atoms with Crippen molar-refractivity contribution in [1.82, 2.24) is 5.16 Å². The van der Waals surface area contributed by atoms with Gasteiger partial charge >= 0.3 is 0 Å². The summed E-state index contributed by atoms with van der Waals surface area (Å²) in [6.07, 6.45) is 0. The molecular formula is C14H11FN2O2S. The van der Waals surface area contributed by atoms with Crippen molar-refractivity contribution in [2.45, 2.75) is 0 Å². The largest absolute Gasteiger partial charge is 0.494 e. The van der Waals surface area contributed by atoms with E-state index in [0.717, 1.165) is 4.88 Å². The second kappa shape index (κ2) is 4.97. The van der Waals surface area contributed by atoms with E-state index in [9.17, 15) is 4.39 Å². The maximum atomic E-state index is 13.5. The third kappa shape index (κ3) is 2.04. The lowest BCUT2D eigenvalue weighted by Gasteiger charge is -2.04. The molecule has 0 radical (unpaired) electrons. The van der Waals surface area contributed by atoms with Crippen LogP contribution in [0.3, 0.4) is 0 Å². The van der Waals surface area contributed by atoms with Crippen molar-refractivity contribution in [2.75, 3.05) is 12.8 Å². The molecule has 0 saturated heterocycles. The predicted octanol–water partition coefficient (Wildman–Crippen LogP) is 3.80. The summed E-state index contributed by atoms with van der Waals surface area (Å²) in [5, 5.41) is 5.74. The zero-order chi connectivity index (χ0) is 14.1. The number of nitrogens with two attached hydrogens (primary N) is 1. The molecule has 0 saturated carbocycles. The van der Waals surface area contributed by atoms with Crippen LogP contribution in [0, 0.1) is 5.82 Å². The van der Waals surface area contributed by atoms with E-state index in [1.165, 1.54) is 24.5 Å². The molecule has 6 heteroatoms. The van der Waals surface area contributed by atoms with Crippen molar-refractivity contribution >= 4 is 17.2 Å². The molecule has 20 heavy (non-hydrogen) atoms. The summed E-state index contributed by atoms with van der Waals surface area (Å²) in [5.41, 5.74) is 7.25. The number of anilines is 1. The maximum absolute atomic E-state index is 13.5. The number of rotatable bonds is 3. The first-order valence-electron chi connectivity index (χ1n) is 5.83. The summed E-state index contributed by atoms with van der Waals surface area (Å²) in [5.74, 6) is 0.532. The van der Waals surface area contributed by atoms with Gasteiger partial charge in [-0.25, -0.2) is 4.39 Å². The zero-order valence-electron chi connectivity index (χ0n) is 10.6. The Kier molecular flexibility index (Phi) is 3.15. The Labute approximate surface area is 118 Å². The number of nitrogens with zero attached hydrogens (tertiary/aromatic N) is 1. The monoisotopic (exact) mass is 290 g/mol. The second-order valence-corrected chi connectivity index (χ2v) is 5.05. The highest BCUT2D eigenvalue weighted by atomic mass is 32.1. The van der Waals surface area contributed by atoms with Gasteiger partial charge in [0, 0.05) is 10.4 Å². The molecule has 0 fully saturated rings. The number of hydrogen-bond acceptors (Lipinski definition) is 5. The average molecular weight is 290 g/mol. The molecular weight excluding hydrogens is 279 g/mol. The number of nitrogen functional groups attached to an aromatic ring is 1. The topological polar surface area (TPSA) is 61.3 Å². The molecule has 0 aliphatic carbocycles. The fourth-order valence-electron chi connectivity index (χ4n) is 1.96. The van der Waals surface area contributed by atoms with E-state index < -0.39 is 5.82 Å². The van der Waals surface area contributed by atoms with E-state index in [1.54, 1.807) is 12.1 Å². The Morgan fingerprint density at radius 2 is 2.20 bits per heavy atom. The maximum Gasteiger partial charge on any atom is 0.177 e. The number of methoxy groups -OCH3 is 1. The lowest BCUT2D eigenvalue weighted by atomic mass is 10.1. The highest BCUT2D eigenvalue weighted by molar-refractivity contribution is 7.13. The van der Waals surface area contributed by atoms with Gasteiger partial charge in [0.2, 0.25) is 0 Å². The van der Waals surface area contributed by atoms with Crippen LogP contribution in [-0.4, -0.2) is 12.3 Å². The summed E-state index contributed by atoms with van der Waals surface area (Å²) >= 11 is 1.53. The van der Waals surface area contributed by atoms with E-state index >= 15 is 0 Å².